The van der Waals surface area contributed by atoms with Crippen LogP contribution in [0.2, 0.25) is 0 Å². The number of rotatable bonds is 6. The van der Waals surface area contributed by atoms with Crippen LogP contribution in [-0.2, 0) is 19.1 Å². The summed E-state index contributed by atoms with van der Waals surface area (Å²) in [5, 5.41) is 17.1. The lowest BCUT2D eigenvalue weighted by molar-refractivity contribution is -0.146. The third kappa shape index (κ3) is 3.43. The summed E-state index contributed by atoms with van der Waals surface area (Å²) in [6.07, 6.45) is 3.10. The number of carbonyl (C=O) groups is 2. The molecule has 2 fully saturated rings. The monoisotopic (exact) mass is 260 g/mol. The number of methoxy groups -OCH3 is 2. The first-order chi connectivity index (χ1) is 8.42. The normalized spacial score (nSPS) is 21.4. The van der Waals surface area contributed by atoms with Gasteiger partial charge < -0.3 is 19.7 Å². The van der Waals surface area contributed by atoms with Crippen LogP contribution < -0.4 is 0 Å². The van der Waals surface area contributed by atoms with Gasteiger partial charge >= 0.3 is 11.9 Å². The number of hydrogen-bond acceptors (Lipinski definition) is 4. The summed E-state index contributed by atoms with van der Waals surface area (Å²) in [7, 11) is 3.06. The van der Waals surface area contributed by atoms with Crippen LogP contribution in [0.1, 0.15) is 25.7 Å². The topological polar surface area (TPSA) is 93.1 Å². The largest absolute Gasteiger partial charge is 0.481 e. The summed E-state index contributed by atoms with van der Waals surface area (Å²) in [5.74, 6) is -1.44. The zero-order chi connectivity index (χ0) is 13.8. The molecule has 6 heteroatoms. The Bertz CT molecular complexity index is 285. The third-order valence-corrected chi connectivity index (χ3v) is 3.46. The van der Waals surface area contributed by atoms with Crippen molar-refractivity contribution in [1.29, 1.82) is 0 Å². The number of ether oxygens (including phenoxy) is 2. The second-order valence-electron chi connectivity index (χ2n) is 5.04. The van der Waals surface area contributed by atoms with E-state index in [1.54, 1.807) is 0 Å². The second-order valence-corrected chi connectivity index (χ2v) is 5.04. The maximum absolute atomic E-state index is 10.4. The fourth-order valence-electron chi connectivity index (χ4n) is 1.69. The van der Waals surface area contributed by atoms with Gasteiger partial charge in [-0.05, 0) is 25.7 Å². The maximum Gasteiger partial charge on any atom is 0.311 e. The van der Waals surface area contributed by atoms with Gasteiger partial charge in [-0.3, -0.25) is 9.59 Å². The summed E-state index contributed by atoms with van der Waals surface area (Å²) in [6.45, 7) is 0.727. The van der Waals surface area contributed by atoms with E-state index >= 15 is 0 Å². The molecule has 0 spiro atoms. The highest BCUT2D eigenvalue weighted by Gasteiger charge is 2.50. The second kappa shape index (κ2) is 5.67. The van der Waals surface area contributed by atoms with Crippen LogP contribution in [0.15, 0.2) is 0 Å². The smallest absolute Gasteiger partial charge is 0.311 e. The lowest BCUT2D eigenvalue weighted by Gasteiger charge is -2.05. The van der Waals surface area contributed by atoms with Crippen molar-refractivity contribution in [2.24, 2.45) is 10.8 Å². The van der Waals surface area contributed by atoms with Crippen LogP contribution in [0.5, 0.6) is 0 Å². The van der Waals surface area contributed by atoms with Crippen molar-refractivity contribution < 1.29 is 29.3 Å². The number of aliphatic carboxylic acids is 2. The van der Waals surface area contributed by atoms with Crippen molar-refractivity contribution in [1.82, 2.24) is 0 Å². The molecule has 0 aromatic carbocycles. The van der Waals surface area contributed by atoms with Crippen LogP contribution in [0.4, 0.5) is 0 Å². The quantitative estimate of drug-likeness (QED) is 0.740. The fourth-order valence-corrected chi connectivity index (χ4v) is 1.69. The van der Waals surface area contributed by atoms with Crippen LogP contribution in [0.25, 0.3) is 0 Å². The van der Waals surface area contributed by atoms with E-state index in [4.69, 9.17) is 19.7 Å². The lowest BCUT2D eigenvalue weighted by Crippen LogP contribution is -2.19. The van der Waals surface area contributed by atoms with Crippen molar-refractivity contribution in [3.8, 4) is 0 Å². The Hall–Kier alpha value is -1.14. The van der Waals surface area contributed by atoms with Crippen molar-refractivity contribution in [3.05, 3.63) is 0 Å². The summed E-state index contributed by atoms with van der Waals surface area (Å²) in [6, 6.07) is 0. The highest BCUT2D eigenvalue weighted by Crippen LogP contribution is 2.46. The Labute approximate surface area is 106 Å². The third-order valence-electron chi connectivity index (χ3n) is 3.46. The molecule has 0 unspecified atom stereocenters. The molecule has 104 valence electrons. The molecule has 2 saturated carbocycles. The Morgan fingerprint density at radius 3 is 1.22 bits per heavy atom. The predicted octanol–water partition coefficient (Wildman–Crippen LogP) is 0.995. The molecule has 2 rings (SSSR count). The van der Waals surface area contributed by atoms with E-state index in [2.05, 4.69) is 0 Å². The minimum atomic E-state index is -0.718. The molecule has 2 aliphatic carbocycles. The molecule has 0 atom stereocenters. The van der Waals surface area contributed by atoms with Gasteiger partial charge in [-0.1, -0.05) is 0 Å². The molecule has 0 aromatic heterocycles. The van der Waals surface area contributed by atoms with Gasteiger partial charge in [-0.2, -0.15) is 0 Å². The Morgan fingerprint density at radius 1 is 0.889 bits per heavy atom. The van der Waals surface area contributed by atoms with E-state index in [0.29, 0.717) is 13.2 Å². The van der Waals surface area contributed by atoms with Gasteiger partial charge in [-0.25, -0.2) is 0 Å². The molecule has 2 aliphatic rings. The van der Waals surface area contributed by atoms with Crippen LogP contribution in [0, 0.1) is 10.8 Å². The zero-order valence-electron chi connectivity index (χ0n) is 10.8. The Morgan fingerprint density at radius 2 is 1.17 bits per heavy atom. The predicted molar refractivity (Wildman–Crippen MR) is 62.4 cm³/mol. The standard InChI is InChI=1S/2C6H10O3/c2*1-9-4-6(2-3-6)5(7)8/h2*2-4H2,1H3,(H,7,8). The van der Waals surface area contributed by atoms with Crippen molar-refractivity contribution in [2.75, 3.05) is 27.4 Å². The summed E-state index contributed by atoms with van der Waals surface area (Å²) < 4.78 is 9.50. The van der Waals surface area contributed by atoms with Gasteiger partial charge in [0.05, 0.1) is 24.0 Å². The molecular formula is C12H20O6. The van der Waals surface area contributed by atoms with Gasteiger partial charge in [0.2, 0.25) is 0 Å². The molecule has 0 aliphatic heterocycles. The van der Waals surface area contributed by atoms with Gasteiger partial charge in [0.1, 0.15) is 0 Å². The number of carboxylic acids is 2. The van der Waals surface area contributed by atoms with E-state index in [1.807, 2.05) is 0 Å². The van der Waals surface area contributed by atoms with E-state index in [9.17, 15) is 9.59 Å². The molecule has 0 heterocycles. The van der Waals surface area contributed by atoms with Crippen molar-refractivity contribution in [2.45, 2.75) is 25.7 Å². The van der Waals surface area contributed by atoms with E-state index < -0.39 is 22.8 Å². The molecule has 18 heavy (non-hydrogen) atoms. The van der Waals surface area contributed by atoms with Crippen molar-refractivity contribution in [3.63, 3.8) is 0 Å². The average Bonchev–Trinajstić information content (AvgIpc) is 3.14. The van der Waals surface area contributed by atoms with Gasteiger partial charge in [0.15, 0.2) is 0 Å². The molecule has 0 amide bonds. The summed E-state index contributed by atoms with van der Waals surface area (Å²) in [4.78, 5) is 20.8. The highest BCUT2D eigenvalue weighted by atomic mass is 16.5. The van der Waals surface area contributed by atoms with Gasteiger partial charge in [0, 0.05) is 14.2 Å². The first kappa shape index (κ1) is 14.9. The Kier molecular flexibility index (Phi) is 4.70. The number of hydrogen-bond donors (Lipinski definition) is 2. The highest BCUT2D eigenvalue weighted by molar-refractivity contribution is 5.78. The summed E-state index contributed by atoms with van der Waals surface area (Å²) >= 11 is 0. The van der Waals surface area contributed by atoms with E-state index in [0.717, 1.165) is 25.7 Å². The minimum absolute atomic E-state index is 0.363. The SMILES string of the molecule is COCC1(C(=O)O)CC1.COCC1(C(=O)O)CC1. The molecule has 0 radical (unpaired) electrons. The first-order valence-corrected chi connectivity index (χ1v) is 5.87. The number of carboxylic acid groups (broad SMARTS) is 2. The summed E-state index contributed by atoms with van der Waals surface area (Å²) in [5.41, 5.74) is -1.01. The molecule has 0 aromatic rings. The van der Waals surface area contributed by atoms with Gasteiger partial charge in [-0.15, -0.1) is 0 Å². The fraction of sp³-hybridized carbons (Fsp3) is 0.833. The van der Waals surface area contributed by atoms with Crippen molar-refractivity contribution >= 4 is 11.9 Å². The molecule has 2 N–H and O–H groups in total. The molecule has 6 nitrogen and oxygen atoms in total. The van der Waals surface area contributed by atoms with E-state index in [1.165, 1.54) is 14.2 Å². The molecule has 0 saturated heterocycles. The lowest BCUT2D eigenvalue weighted by atomic mass is 10.1. The average molecular weight is 260 g/mol. The van der Waals surface area contributed by atoms with Crippen LogP contribution in [0.3, 0.4) is 0 Å². The van der Waals surface area contributed by atoms with Crippen LogP contribution >= 0.6 is 0 Å². The molecule has 0 bridgehead atoms. The minimum Gasteiger partial charge on any atom is -0.481 e. The first-order valence-electron chi connectivity index (χ1n) is 5.87. The van der Waals surface area contributed by atoms with Crippen LogP contribution in [-0.4, -0.2) is 49.6 Å². The zero-order valence-corrected chi connectivity index (χ0v) is 10.8. The Balaban J connectivity index is 0.000000180. The van der Waals surface area contributed by atoms with E-state index in [-0.39, 0.29) is 0 Å². The maximum atomic E-state index is 10.4. The molecular weight excluding hydrogens is 240 g/mol. The van der Waals surface area contributed by atoms with Gasteiger partial charge in [0.25, 0.3) is 0 Å².